The van der Waals surface area contributed by atoms with Crippen LogP contribution >= 0.6 is 23.4 Å². The SMILES string of the molecule is Nc1nc2c(ncn2[C@@H]2O[C@H](COP(=O)(O)N(OP(=O)(O)O)OP(=O)(O)O)[C@@H](O)[C@H]2O)c(=O)[nH]1. The summed E-state index contributed by atoms with van der Waals surface area (Å²) < 4.78 is 52.2. The lowest BCUT2D eigenvalue weighted by Crippen LogP contribution is -2.34. The summed E-state index contributed by atoms with van der Waals surface area (Å²) in [6, 6.07) is 0. The topological polar surface area (TPSA) is 323 Å². The fourth-order valence-corrected chi connectivity index (χ4v) is 4.96. The molecule has 0 aliphatic carbocycles. The number of aromatic amines is 1. The van der Waals surface area contributed by atoms with E-state index in [0.29, 0.717) is 0 Å². The van der Waals surface area contributed by atoms with Crippen LogP contribution in [0.4, 0.5) is 5.95 Å². The van der Waals surface area contributed by atoms with Gasteiger partial charge in [0.25, 0.3) is 5.56 Å². The highest BCUT2D eigenvalue weighted by molar-refractivity contribution is 7.52. The lowest BCUT2D eigenvalue weighted by molar-refractivity contribution is -0.218. The molecule has 0 saturated carbocycles. The zero-order chi connectivity index (χ0) is 25.6. The molecule has 5 atom stereocenters. The van der Waals surface area contributed by atoms with Gasteiger partial charge in [-0.1, -0.05) is 0 Å². The van der Waals surface area contributed by atoms with Gasteiger partial charge >= 0.3 is 23.4 Å². The number of aromatic nitrogens is 4. The molecule has 1 aliphatic heterocycles. The molecular weight excluding hydrogens is 537 g/mol. The van der Waals surface area contributed by atoms with Gasteiger partial charge in [-0.3, -0.25) is 18.9 Å². The Kier molecular flexibility index (Phi) is 7.48. The Morgan fingerprint density at radius 2 is 1.71 bits per heavy atom. The molecule has 10 N–H and O–H groups in total. The average Bonchev–Trinajstić information content (AvgIpc) is 3.19. The number of H-pyrrole nitrogens is 1. The van der Waals surface area contributed by atoms with Gasteiger partial charge in [0.2, 0.25) is 5.95 Å². The number of nitrogen functional groups attached to an aromatic ring is 1. The lowest BCUT2D eigenvalue weighted by Gasteiger charge is -2.25. The molecule has 192 valence electrons. The van der Waals surface area contributed by atoms with Gasteiger partial charge in [-0.15, -0.1) is 0 Å². The van der Waals surface area contributed by atoms with Gasteiger partial charge in [0.15, 0.2) is 17.4 Å². The number of imidazole rings is 1. The number of aliphatic hydroxyl groups excluding tert-OH is 2. The highest BCUT2D eigenvalue weighted by Gasteiger charge is 2.48. The molecule has 0 aromatic carbocycles. The second-order valence-electron chi connectivity index (χ2n) is 6.49. The van der Waals surface area contributed by atoms with E-state index in [-0.39, 0.29) is 17.1 Å². The minimum atomic E-state index is -5.69. The van der Waals surface area contributed by atoms with Crippen molar-refractivity contribution in [3.05, 3.63) is 16.7 Å². The molecule has 1 unspecified atom stereocenters. The van der Waals surface area contributed by atoms with Crippen LogP contribution in [0.1, 0.15) is 6.23 Å². The summed E-state index contributed by atoms with van der Waals surface area (Å²) >= 11 is 0. The van der Waals surface area contributed by atoms with Crippen molar-refractivity contribution in [2.45, 2.75) is 24.5 Å². The number of fused-ring (bicyclic) bond motifs is 1. The third kappa shape index (κ3) is 6.13. The van der Waals surface area contributed by atoms with E-state index in [1.807, 2.05) is 0 Å². The maximum absolute atomic E-state index is 12.2. The number of nitrogens with one attached hydrogen (secondary N) is 1. The van der Waals surface area contributed by atoms with Crippen LogP contribution in [0.25, 0.3) is 11.2 Å². The molecule has 1 saturated heterocycles. The Morgan fingerprint density at radius 3 is 2.26 bits per heavy atom. The summed E-state index contributed by atoms with van der Waals surface area (Å²) in [5.41, 5.74) is 4.41. The maximum Gasteiger partial charge on any atom is 0.488 e. The van der Waals surface area contributed by atoms with Crippen LogP contribution in [0.5, 0.6) is 0 Å². The monoisotopic (exact) mass is 554 g/mol. The summed E-state index contributed by atoms with van der Waals surface area (Å²) in [4.78, 5) is 65.4. The zero-order valence-electron chi connectivity index (χ0n) is 16.2. The molecule has 2 aromatic rings. The highest BCUT2D eigenvalue weighted by atomic mass is 31.2. The number of phosphoric acid groups is 2. The van der Waals surface area contributed by atoms with Crippen molar-refractivity contribution in [2.24, 2.45) is 0 Å². The van der Waals surface area contributed by atoms with Crippen LogP contribution in [-0.2, 0) is 32.2 Å². The van der Waals surface area contributed by atoms with Gasteiger partial charge in [0.1, 0.15) is 18.3 Å². The van der Waals surface area contributed by atoms with Crippen LogP contribution in [0, 0.1) is 0 Å². The minimum absolute atomic E-state index is 0.150. The summed E-state index contributed by atoms with van der Waals surface area (Å²) in [6.45, 7) is -1.11. The Hall–Kier alpha value is -1.64. The quantitative estimate of drug-likeness (QED) is 0.109. The van der Waals surface area contributed by atoms with Crippen molar-refractivity contribution >= 4 is 40.5 Å². The molecule has 0 radical (unpaired) electrons. The second-order valence-corrected chi connectivity index (χ2v) is 10.3. The van der Waals surface area contributed by atoms with Gasteiger partial charge in [-0.05, 0) is 0 Å². The maximum atomic E-state index is 12.2. The molecule has 1 fully saturated rings. The number of nitrogens with two attached hydrogens (primary N) is 1. The first kappa shape index (κ1) is 27.0. The number of ether oxygens (including phenoxy) is 1. The molecule has 2 aromatic heterocycles. The number of anilines is 1. The largest absolute Gasteiger partial charge is 0.488 e. The van der Waals surface area contributed by atoms with E-state index in [1.54, 1.807) is 0 Å². The average molecular weight is 554 g/mol. The first-order chi connectivity index (χ1) is 15.5. The van der Waals surface area contributed by atoms with E-state index < -0.39 is 65.1 Å². The Balaban J connectivity index is 1.79. The fourth-order valence-electron chi connectivity index (χ4n) is 2.73. The van der Waals surface area contributed by atoms with Crippen molar-refractivity contribution in [3.63, 3.8) is 0 Å². The predicted molar refractivity (Wildman–Crippen MR) is 102 cm³/mol. The molecule has 34 heavy (non-hydrogen) atoms. The van der Waals surface area contributed by atoms with Crippen LogP contribution < -0.4 is 11.3 Å². The second kappa shape index (κ2) is 9.43. The van der Waals surface area contributed by atoms with Crippen molar-refractivity contribution in [3.8, 4) is 0 Å². The Bertz CT molecular complexity index is 1230. The summed E-state index contributed by atoms with van der Waals surface area (Å²) in [7, 11) is -17.0. The molecule has 3 heterocycles. The number of hydrogen-bond acceptors (Lipinski definition) is 13. The normalized spacial score (nSPS) is 25.8. The number of aliphatic hydroxyl groups is 2. The molecule has 0 bridgehead atoms. The van der Waals surface area contributed by atoms with Crippen LogP contribution in [0.15, 0.2) is 11.1 Å². The van der Waals surface area contributed by atoms with Crippen molar-refractivity contribution < 1.29 is 66.9 Å². The molecule has 21 nitrogen and oxygen atoms in total. The van der Waals surface area contributed by atoms with E-state index in [9.17, 15) is 33.6 Å². The van der Waals surface area contributed by atoms with Gasteiger partial charge in [0.05, 0.1) is 17.9 Å². The summed E-state index contributed by atoms with van der Waals surface area (Å²) in [6.07, 6.45) is -5.64. The van der Waals surface area contributed by atoms with Crippen molar-refractivity contribution in [1.29, 1.82) is 0 Å². The number of rotatable bonds is 9. The molecule has 24 heteroatoms. The first-order valence-corrected chi connectivity index (χ1v) is 13.1. The number of hydrogen-bond donors (Lipinski definition) is 9. The Morgan fingerprint density at radius 1 is 1.12 bits per heavy atom. The fraction of sp³-hybridized carbons (Fsp3) is 0.500. The van der Waals surface area contributed by atoms with Crippen molar-refractivity contribution in [2.75, 3.05) is 12.3 Å². The zero-order valence-corrected chi connectivity index (χ0v) is 18.9. The molecule has 0 spiro atoms. The molecule has 0 amide bonds. The molecule has 3 rings (SSSR count). The van der Waals surface area contributed by atoms with Gasteiger partial charge in [-0.25, -0.2) is 18.7 Å². The predicted octanol–water partition coefficient (Wildman–Crippen LogP) is -3.21. The van der Waals surface area contributed by atoms with Gasteiger partial charge in [-0.2, -0.15) is 14.2 Å². The van der Waals surface area contributed by atoms with Crippen molar-refractivity contribution in [1.82, 2.24) is 24.5 Å². The third-order valence-corrected chi connectivity index (χ3v) is 6.07. The van der Waals surface area contributed by atoms with E-state index in [2.05, 4.69) is 28.7 Å². The van der Waals surface area contributed by atoms with Gasteiger partial charge < -0.3 is 45.2 Å². The first-order valence-electron chi connectivity index (χ1n) is 8.51. The number of nitrogens with zero attached hydrogens (tertiary/aromatic N) is 4. The minimum Gasteiger partial charge on any atom is -0.387 e. The van der Waals surface area contributed by atoms with E-state index in [0.717, 1.165) is 10.9 Å². The Labute approximate surface area is 186 Å². The smallest absolute Gasteiger partial charge is 0.387 e. The van der Waals surface area contributed by atoms with E-state index in [4.69, 9.17) is 30.0 Å². The van der Waals surface area contributed by atoms with Crippen LogP contribution in [0.2, 0.25) is 0 Å². The third-order valence-electron chi connectivity index (χ3n) is 4.03. The molecular formula is C10H17N6O15P3. The van der Waals surface area contributed by atoms with E-state index >= 15 is 0 Å². The van der Waals surface area contributed by atoms with Gasteiger partial charge in [0, 0.05) is 0 Å². The molecule has 1 aliphatic rings. The van der Waals surface area contributed by atoms with Crippen LogP contribution in [-0.4, -0.2) is 84.1 Å². The summed E-state index contributed by atoms with van der Waals surface area (Å²) in [5.74, 6) is -0.302. The standard InChI is InChI=1S/C10H17N6O15P3/c11-10-13-7-4(8(19)14-10)12-2-15(7)9-6(18)5(17)3(29-9)1-28-32(20,21)16(30-33(22,23)24)31-34(25,26)27/h2-3,5-6,9,17-18H,1H2,(H,20,21)(H2,22,23,24)(H2,25,26,27)(H3,11,13,14,19)/t3-,5-,6-,9-/m1/s1. The summed E-state index contributed by atoms with van der Waals surface area (Å²) in [5, 5.41) is 20.5. The lowest BCUT2D eigenvalue weighted by atomic mass is 10.1. The van der Waals surface area contributed by atoms with Crippen LogP contribution in [0.3, 0.4) is 0 Å². The highest BCUT2D eigenvalue weighted by Crippen LogP contribution is 2.57. The van der Waals surface area contributed by atoms with E-state index in [1.165, 1.54) is 0 Å².